The Labute approximate surface area is 143 Å². The maximum Gasteiger partial charge on any atom is 0.273 e. The van der Waals surface area contributed by atoms with E-state index in [2.05, 4.69) is 20.3 Å². The van der Waals surface area contributed by atoms with Crippen LogP contribution in [0.5, 0.6) is 0 Å². The van der Waals surface area contributed by atoms with Gasteiger partial charge in [-0.25, -0.2) is 4.98 Å². The summed E-state index contributed by atoms with van der Waals surface area (Å²) in [5.41, 5.74) is 7.01. The fourth-order valence-corrected chi connectivity index (χ4v) is 2.87. The van der Waals surface area contributed by atoms with Crippen molar-refractivity contribution in [2.24, 2.45) is 5.73 Å². The molecule has 5 N–H and O–H groups in total. The number of hydrogen-bond donors (Lipinski definition) is 4. The molecule has 118 valence electrons. The minimum absolute atomic E-state index is 0.197. The molecule has 3 rings (SSSR count). The Kier molecular flexibility index (Phi) is 4.12. The lowest BCUT2D eigenvalue weighted by Crippen LogP contribution is -2.11. The summed E-state index contributed by atoms with van der Waals surface area (Å²) in [7, 11) is 0. The molecular formula is C13H9Cl2N5O2S. The lowest BCUT2D eigenvalue weighted by molar-refractivity contribution is 0.0993. The van der Waals surface area contributed by atoms with Gasteiger partial charge in [0.1, 0.15) is 16.5 Å². The van der Waals surface area contributed by atoms with Crippen LogP contribution in [0.2, 0.25) is 10.2 Å². The minimum Gasteiger partial charge on any atom is -0.364 e. The Morgan fingerprint density at radius 1 is 1.26 bits per heavy atom. The average molecular weight is 370 g/mol. The topological polar surface area (TPSA) is 117 Å². The molecule has 0 aliphatic rings. The minimum atomic E-state index is -0.555. The number of aromatic nitrogens is 3. The maximum absolute atomic E-state index is 12.1. The van der Waals surface area contributed by atoms with Crippen LogP contribution in [0.25, 0.3) is 11.3 Å². The zero-order valence-corrected chi connectivity index (χ0v) is 13.6. The fraction of sp³-hybridized carbons (Fsp3) is 0. The largest absolute Gasteiger partial charge is 0.364 e. The molecule has 3 heterocycles. The second-order valence-electron chi connectivity index (χ2n) is 4.50. The molecule has 0 bridgehead atoms. The molecule has 0 spiro atoms. The molecule has 0 aliphatic heterocycles. The van der Waals surface area contributed by atoms with Crippen molar-refractivity contribution in [3.63, 3.8) is 0 Å². The van der Waals surface area contributed by atoms with Gasteiger partial charge in [-0.05, 0) is 12.1 Å². The number of primary amides is 1. The molecule has 0 fully saturated rings. The van der Waals surface area contributed by atoms with E-state index in [0.29, 0.717) is 16.4 Å². The number of carbonyl (C=O) groups is 2. The second-order valence-corrected chi connectivity index (χ2v) is 6.15. The predicted octanol–water partition coefficient (Wildman–Crippen LogP) is 3.12. The van der Waals surface area contributed by atoms with Gasteiger partial charge in [0.05, 0.1) is 10.7 Å². The normalized spacial score (nSPS) is 10.7. The van der Waals surface area contributed by atoms with E-state index in [4.69, 9.17) is 28.9 Å². The van der Waals surface area contributed by atoms with Crippen molar-refractivity contribution in [1.29, 1.82) is 0 Å². The zero-order chi connectivity index (χ0) is 16.6. The van der Waals surface area contributed by atoms with Crippen LogP contribution in [0.1, 0.15) is 21.0 Å². The first-order valence-corrected chi connectivity index (χ1v) is 7.87. The fourth-order valence-electron chi connectivity index (χ4n) is 1.84. The van der Waals surface area contributed by atoms with Crippen LogP contribution in [0.15, 0.2) is 23.7 Å². The van der Waals surface area contributed by atoms with Gasteiger partial charge in [-0.2, -0.15) is 0 Å². The Morgan fingerprint density at radius 2 is 2.04 bits per heavy atom. The molecule has 23 heavy (non-hydrogen) atoms. The SMILES string of the molecule is NC(=O)c1cc(-c2csc(NC(=O)c3cc(Cl)c(Cl)[nH]3)n2)c[nH]1. The summed E-state index contributed by atoms with van der Waals surface area (Å²) in [5.74, 6) is -0.966. The lowest BCUT2D eigenvalue weighted by atomic mass is 10.2. The first-order valence-electron chi connectivity index (χ1n) is 6.23. The summed E-state index contributed by atoms with van der Waals surface area (Å²) < 4.78 is 0. The Hall–Kier alpha value is -2.29. The number of halogens is 2. The van der Waals surface area contributed by atoms with Gasteiger partial charge in [-0.1, -0.05) is 23.2 Å². The number of rotatable bonds is 4. The van der Waals surface area contributed by atoms with Gasteiger partial charge in [0.15, 0.2) is 5.13 Å². The number of nitrogens with zero attached hydrogens (tertiary/aromatic N) is 1. The third kappa shape index (κ3) is 3.24. The average Bonchev–Trinajstić information content (AvgIpc) is 3.19. The van der Waals surface area contributed by atoms with Gasteiger partial charge in [0.2, 0.25) is 0 Å². The Bertz CT molecular complexity index is 878. The third-order valence-corrected chi connectivity index (χ3v) is 4.39. The van der Waals surface area contributed by atoms with Crippen LogP contribution in [0.3, 0.4) is 0 Å². The van der Waals surface area contributed by atoms with Crippen LogP contribution < -0.4 is 11.1 Å². The van der Waals surface area contributed by atoms with Crippen LogP contribution in [-0.4, -0.2) is 26.8 Å². The van der Waals surface area contributed by atoms with Gasteiger partial charge in [0.25, 0.3) is 11.8 Å². The Morgan fingerprint density at radius 3 is 2.65 bits per heavy atom. The summed E-state index contributed by atoms with van der Waals surface area (Å²) in [6, 6.07) is 3.02. The van der Waals surface area contributed by atoms with Crippen molar-refractivity contribution in [1.82, 2.24) is 15.0 Å². The van der Waals surface area contributed by atoms with Crippen molar-refractivity contribution >= 4 is 51.5 Å². The quantitative estimate of drug-likeness (QED) is 0.565. The van der Waals surface area contributed by atoms with Crippen molar-refractivity contribution in [2.45, 2.75) is 0 Å². The lowest BCUT2D eigenvalue weighted by Gasteiger charge is -1.98. The van der Waals surface area contributed by atoms with Crippen LogP contribution >= 0.6 is 34.5 Å². The first kappa shape index (κ1) is 15.6. The van der Waals surface area contributed by atoms with Crippen LogP contribution in [0.4, 0.5) is 5.13 Å². The molecule has 7 nitrogen and oxygen atoms in total. The number of hydrogen-bond acceptors (Lipinski definition) is 4. The molecule has 0 saturated heterocycles. The first-order chi connectivity index (χ1) is 10.9. The van der Waals surface area contributed by atoms with Crippen molar-refractivity contribution < 1.29 is 9.59 Å². The molecule has 0 unspecified atom stereocenters. The number of amides is 2. The van der Waals surface area contributed by atoms with Crippen molar-refractivity contribution in [2.75, 3.05) is 5.32 Å². The van der Waals surface area contributed by atoms with E-state index in [1.807, 2.05) is 0 Å². The second kappa shape index (κ2) is 6.07. The number of aromatic amines is 2. The van der Waals surface area contributed by atoms with Crippen LogP contribution in [-0.2, 0) is 0 Å². The molecule has 3 aromatic rings. The van der Waals surface area contributed by atoms with Crippen molar-refractivity contribution in [3.8, 4) is 11.3 Å². The maximum atomic E-state index is 12.1. The summed E-state index contributed by atoms with van der Waals surface area (Å²) >= 11 is 12.8. The number of thiazole rings is 1. The van der Waals surface area contributed by atoms with Gasteiger partial charge >= 0.3 is 0 Å². The smallest absolute Gasteiger partial charge is 0.273 e. The van der Waals surface area contributed by atoms with E-state index in [1.165, 1.54) is 17.4 Å². The number of H-pyrrole nitrogens is 2. The van der Waals surface area contributed by atoms with E-state index in [9.17, 15) is 9.59 Å². The van der Waals surface area contributed by atoms with Gasteiger partial charge < -0.3 is 15.7 Å². The molecule has 3 aromatic heterocycles. The molecule has 2 amide bonds. The standard InChI is InChI=1S/C13H9Cl2N5O2S/c14-6-2-8(18-10(6)15)12(22)20-13-19-9(4-23-13)5-1-7(11(16)21)17-3-5/h1-4,17-18H,(H2,16,21)(H,19,20,22). The van der Waals surface area contributed by atoms with Gasteiger partial charge in [-0.3, -0.25) is 14.9 Å². The molecule has 0 saturated carbocycles. The van der Waals surface area contributed by atoms with Crippen molar-refractivity contribution in [3.05, 3.63) is 45.3 Å². The highest BCUT2D eigenvalue weighted by Crippen LogP contribution is 2.27. The van der Waals surface area contributed by atoms with E-state index in [1.54, 1.807) is 17.6 Å². The predicted molar refractivity (Wildman–Crippen MR) is 89.2 cm³/mol. The van der Waals surface area contributed by atoms with Gasteiger partial charge in [-0.15, -0.1) is 11.3 Å². The highest BCUT2D eigenvalue weighted by molar-refractivity contribution is 7.14. The Balaban J connectivity index is 1.76. The molecule has 0 aliphatic carbocycles. The van der Waals surface area contributed by atoms with E-state index >= 15 is 0 Å². The van der Waals surface area contributed by atoms with E-state index < -0.39 is 11.8 Å². The molecule has 10 heteroatoms. The highest BCUT2D eigenvalue weighted by atomic mass is 35.5. The number of nitrogens with two attached hydrogens (primary N) is 1. The molecular weight excluding hydrogens is 361 g/mol. The third-order valence-electron chi connectivity index (χ3n) is 2.94. The van der Waals surface area contributed by atoms with Crippen LogP contribution in [0, 0.1) is 0 Å². The molecule has 0 aromatic carbocycles. The monoisotopic (exact) mass is 369 g/mol. The number of nitrogens with one attached hydrogen (secondary N) is 3. The summed E-state index contributed by atoms with van der Waals surface area (Å²) in [6.07, 6.45) is 1.62. The zero-order valence-electron chi connectivity index (χ0n) is 11.3. The number of anilines is 1. The van der Waals surface area contributed by atoms with E-state index in [-0.39, 0.29) is 21.6 Å². The molecule has 0 atom stereocenters. The number of carbonyl (C=O) groups excluding carboxylic acids is 2. The summed E-state index contributed by atoms with van der Waals surface area (Å²) in [4.78, 5) is 32.8. The molecule has 0 radical (unpaired) electrons. The summed E-state index contributed by atoms with van der Waals surface area (Å²) in [6.45, 7) is 0. The summed E-state index contributed by atoms with van der Waals surface area (Å²) in [5, 5.41) is 5.25. The van der Waals surface area contributed by atoms with Gasteiger partial charge in [0, 0.05) is 17.1 Å². The highest BCUT2D eigenvalue weighted by Gasteiger charge is 2.14. The van der Waals surface area contributed by atoms with E-state index in [0.717, 1.165) is 0 Å².